The fourth-order valence-electron chi connectivity index (χ4n) is 2.71. The summed E-state index contributed by atoms with van der Waals surface area (Å²) in [6.45, 7) is 8.87. The quantitative estimate of drug-likeness (QED) is 0.512. The number of epoxide rings is 1. The summed E-state index contributed by atoms with van der Waals surface area (Å²) in [5, 5.41) is 0. The summed E-state index contributed by atoms with van der Waals surface area (Å²) in [6.07, 6.45) is 10.1. The lowest BCUT2D eigenvalue weighted by molar-refractivity contribution is 0.303. The third-order valence-corrected chi connectivity index (χ3v) is 4.13. The predicted octanol–water partition coefficient (Wildman–Crippen LogP) is 4.25. The number of hydrogen-bond acceptors (Lipinski definition) is 1. The molecule has 0 radical (unpaired) electrons. The molecule has 1 aliphatic carbocycles. The van der Waals surface area contributed by atoms with E-state index < -0.39 is 0 Å². The predicted molar refractivity (Wildman–Crippen MR) is 68.4 cm³/mol. The minimum absolute atomic E-state index is 0.261. The van der Waals surface area contributed by atoms with Gasteiger partial charge in [0.2, 0.25) is 0 Å². The molecule has 1 saturated carbocycles. The van der Waals surface area contributed by atoms with Crippen molar-refractivity contribution in [2.45, 2.75) is 65.1 Å². The van der Waals surface area contributed by atoms with Crippen LogP contribution in [0, 0.1) is 5.92 Å². The van der Waals surface area contributed by atoms with Gasteiger partial charge in [0.1, 0.15) is 0 Å². The average molecular weight is 220 g/mol. The Morgan fingerprint density at radius 3 is 2.69 bits per heavy atom. The van der Waals surface area contributed by atoms with E-state index in [4.69, 9.17) is 4.74 Å². The van der Waals surface area contributed by atoms with Gasteiger partial charge in [-0.2, -0.15) is 0 Å². The first-order chi connectivity index (χ1) is 7.51. The van der Waals surface area contributed by atoms with Crippen LogP contribution in [0.15, 0.2) is 23.3 Å². The first kappa shape index (κ1) is 11.9. The highest BCUT2D eigenvalue weighted by molar-refractivity contribution is 5.14. The maximum absolute atomic E-state index is 5.75. The maximum Gasteiger partial charge on any atom is 0.0920 e. The lowest BCUT2D eigenvalue weighted by Crippen LogP contribution is -2.21. The second kappa shape index (κ2) is 4.37. The smallest absolute Gasteiger partial charge is 0.0920 e. The van der Waals surface area contributed by atoms with Crippen molar-refractivity contribution in [3.63, 3.8) is 0 Å². The largest absolute Gasteiger partial charge is 0.366 e. The average Bonchev–Trinajstić information content (AvgIpc) is 2.87. The minimum Gasteiger partial charge on any atom is -0.366 e. The molecule has 1 heteroatoms. The van der Waals surface area contributed by atoms with Crippen LogP contribution in [0.25, 0.3) is 0 Å². The van der Waals surface area contributed by atoms with Gasteiger partial charge in [0.05, 0.1) is 11.7 Å². The Labute approximate surface area is 99.6 Å². The van der Waals surface area contributed by atoms with Crippen LogP contribution < -0.4 is 0 Å². The summed E-state index contributed by atoms with van der Waals surface area (Å²) in [6, 6.07) is 0. The third-order valence-electron chi connectivity index (χ3n) is 4.13. The normalized spacial score (nSPS) is 37.9. The Morgan fingerprint density at radius 1 is 1.31 bits per heavy atom. The first-order valence-corrected chi connectivity index (χ1v) is 6.49. The monoisotopic (exact) mass is 220 g/mol. The molecule has 1 aliphatic heterocycles. The van der Waals surface area contributed by atoms with Crippen molar-refractivity contribution in [2.75, 3.05) is 0 Å². The standard InChI is InChI=1S/C15H24O/c1-11(2)6-5-7-12(3)13-8-9-15(4)14(10-13)16-15/h6-7,13-14H,5,8-10H2,1-4H3/t13-,14+,15?/m1/s1. The summed E-state index contributed by atoms with van der Waals surface area (Å²) in [5.74, 6) is 0.770. The number of hydrogen-bond donors (Lipinski definition) is 0. The van der Waals surface area contributed by atoms with Crippen LogP contribution in [0.1, 0.15) is 53.4 Å². The molecular weight excluding hydrogens is 196 g/mol. The summed E-state index contributed by atoms with van der Waals surface area (Å²) >= 11 is 0. The van der Waals surface area contributed by atoms with E-state index in [-0.39, 0.29) is 5.60 Å². The van der Waals surface area contributed by atoms with Crippen LogP contribution in [0.5, 0.6) is 0 Å². The molecule has 1 saturated heterocycles. The van der Waals surface area contributed by atoms with Crippen LogP contribution in [0.2, 0.25) is 0 Å². The summed E-state index contributed by atoms with van der Waals surface area (Å²) in [4.78, 5) is 0. The molecule has 2 rings (SSSR count). The van der Waals surface area contributed by atoms with E-state index in [1.54, 1.807) is 5.57 Å². The molecule has 0 spiro atoms. The summed E-state index contributed by atoms with van der Waals surface area (Å²) < 4.78 is 5.75. The van der Waals surface area contributed by atoms with E-state index in [1.165, 1.54) is 24.8 Å². The number of allylic oxidation sites excluding steroid dienone is 4. The number of ether oxygens (including phenoxy) is 1. The van der Waals surface area contributed by atoms with Crippen molar-refractivity contribution in [3.8, 4) is 0 Å². The van der Waals surface area contributed by atoms with Crippen LogP contribution >= 0.6 is 0 Å². The van der Waals surface area contributed by atoms with Gasteiger partial charge in [0.25, 0.3) is 0 Å². The van der Waals surface area contributed by atoms with Crippen molar-refractivity contribution in [1.29, 1.82) is 0 Å². The molecule has 0 N–H and O–H groups in total. The van der Waals surface area contributed by atoms with Crippen LogP contribution in [-0.2, 0) is 4.74 Å². The lowest BCUT2D eigenvalue weighted by atomic mass is 9.79. The Morgan fingerprint density at radius 2 is 2.06 bits per heavy atom. The van der Waals surface area contributed by atoms with Crippen molar-refractivity contribution < 1.29 is 4.74 Å². The third kappa shape index (κ3) is 2.57. The van der Waals surface area contributed by atoms with Gasteiger partial charge in [-0.1, -0.05) is 23.3 Å². The molecule has 1 heterocycles. The molecule has 0 bridgehead atoms. The van der Waals surface area contributed by atoms with Gasteiger partial charge < -0.3 is 4.74 Å². The van der Waals surface area contributed by atoms with Crippen molar-refractivity contribution in [1.82, 2.24) is 0 Å². The van der Waals surface area contributed by atoms with Gasteiger partial charge in [-0.05, 0) is 59.3 Å². The van der Waals surface area contributed by atoms with Gasteiger partial charge in [-0.25, -0.2) is 0 Å². The zero-order valence-electron chi connectivity index (χ0n) is 11.0. The molecule has 1 nitrogen and oxygen atoms in total. The molecule has 3 atom stereocenters. The highest BCUT2D eigenvalue weighted by Crippen LogP contribution is 2.50. The van der Waals surface area contributed by atoms with Crippen LogP contribution in [-0.4, -0.2) is 11.7 Å². The SMILES string of the molecule is CC(C)=CCC=C(C)[C@@H]1CCC2(C)O[C@H]2C1. The zero-order chi connectivity index (χ0) is 11.8. The molecule has 0 aromatic heterocycles. The van der Waals surface area contributed by atoms with E-state index in [2.05, 4.69) is 39.8 Å². The minimum atomic E-state index is 0.261. The van der Waals surface area contributed by atoms with Crippen molar-refractivity contribution in [2.24, 2.45) is 5.92 Å². The Balaban J connectivity index is 1.86. The van der Waals surface area contributed by atoms with Gasteiger partial charge in [0, 0.05) is 0 Å². The number of fused-ring (bicyclic) bond motifs is 1. The molecule has 90 valence electrons. The highest BCUT2D eigenvalue weighted by atomic mass is 16.6. The van der Waals surface area contributed by atoms with Crippen LogP contribution in [0.3, 0.4) is 0 Å². The fraction of sp³-hybridized carbons (Fsp3) is 0.733. The van der Waals surface area contributed by atoms with Crippen molar-refractivity contribution in [3.05, 3.63) is 23.3 Å². The molecule has 0 aromatic rings. The first-order valence-electron chi connectivity index (χ1n) is 6.49. The molecule has 2 aliphatic rings. The highest BCUT2D eigenvalue weighted by Gasteiger charge is 2.55. The Hall–Kier alpha value is -0.560. The van der Waals surface area contributed by atoms with E-state index >= 15 is 0 Å². The summed E-state index contributed by atoms with van der Waals surface area (Å²) in [7, 11) is 0. The topological polar surface area (TPSA) is 12.5 Å². The lowest BCUT2D eigenvalue weighted by Gasteiger charge is -2.23. The van der Waals surface area contributed by atoms with Crippen LogP contribution in [0.4, 0.5) is 0 Å². The maximum atomic E-state index is 5.75. The van der Waals surface area contributed by atoms with Gasteiger partial charge >= 0.3 is 0 Å². The molecular formula is C15H24O. The van der Waals surface area contributed by atoms with E-state index in [0.29, 0.717) is 6.10 Å². The van der Waals surface area contributed by atoms with Gasteiger partial charge in [-0.3, -0.25) is 0 Å². The van der Waals surface area contributed by atoms with E-state index in [0.717, 1.165) is 12.3 Å². The zero-order valence-corrected chi connectivity index (χ0v) is 11.0. The Kier molecular flexibility index (Phi) is 3.25. The van der Waals surface area contributed by atoms with E-state index in [9.17, 15) is 0 Å². The van der Waals surface area contributed by atoms with Gasteiger partial charge in [0.15, 0.2) is 0 Å². The Bertz CT molecular complexity index is 322. The van der Waals surface area contributed by atoms with Crippen molar-refractivity contribution >= 4 is 0 Å². The molecule has 1 unspecified atom stereocenters. The molecule has 16 heavy (non-hydrogen) atoms. The second-order valence-electron chi connectivity index (χ2n) is 5.86. The number of rotatable bonds is 3. The van der Waals surface area contributed by atoms with Gasteiger partial charge in [-0.15, -0.1) is 0 Å². The fourth-order valence-corrected chi connectivity index (χ4v) is 2.71. The summed E-state index contributed by atoms with van der Waals surface area (Å²) in [5.41, 5.74) is 3.23. The molecule has 0 aromatic carbocycles. The van der Waals surface area contributed by atoms with E-state index in [1.807, 2.05) is 0 Å². The molecule has 0 amide bonds. The molecule has 2 fully saturated rings. The second-order valence-corrected chi connectivity index (χ2v) is 5.86.